The molecule has 3 unspecified atom stereocenters. The van der Waals surface area contributed by atoms with Crippen LogP contribution in [0.4, 0.5) is 0 Å². The number of rotatable bonds is 6. The normalized spacial score (nSPS) is 25.1. The molecule has 0 radical (unpaired) electrons. The molecule has 1 N–H and O–H groups in total. The zero-order valence-corrected chi connectivity index (χ0v) is 13.6. The van der Waals surface area contributed by atoms with Gasteiger partial charge in [0, 0.05) is 24.7 Å². The van der Waals surface area contributed by atoms with E-state index in [2.05, 4.69) is 50.1 Å². The largest absolute Gasteiger partial charge is 0.316 e. The van der Waals surface area contributed by atoms with Crippen LogP contribution >= 0.6 is 0 Å². The Hall–Kier alpha value is -0.830. The molecule has 0 bridgehead atoms. The minimum atomic E-state index is 0.455. The summed E-state index contributed by atoms with van der Waals surface area (Å²) >= 11 is 0. The first-order valence-corrected chi connectivity index (χ1v) is 8.35. The van der Waals surface area contributed by atoms with Gasteiger partial charge in [0.05, 0.1) is 5.69 Å². The van der Waals surface area contributed by atoms with Gasteiger partial charge in [0.25, 0.3) is 0 Å². The minimum absolute atomic E-state index is 0.455. The van der Waals surface area contributed by atoms with Crippen LogP contribution in [0.2, 0.25) is 0 Å². The SMILES string of the molecule is CCC1CCCC(C(Cc2ccn(C(C)C)n2)NC)C1. The second-order valence-electron chi connectivity index (χ2n) is 6.68. The molecular formula is C17H31N3. The summed E-state index contributed by atoms with van der Waals surface area (Å²) in [6, 6.07) is 3.22. The number of nitrogens with one attached hydrogen (secondary N) is 1. The molecule has 1 saturated carbocycles. The van der Waals surface area contributed by atoms with E-state index >= 15 is 0 Å². The lowest BCUT2D eigenvalue weighted by Crippen LogP contribution is -2.38. The van der Waals surface area contributed by atoms with Crippen LogP contribution in [0.1, 0.15) is 64.6 Å². The zero-order valence-electron chi connectivity index (χ0n) is 13.6. The van der Waals surface area contributed by atoms with Gasteiger partial charge in [-0.3, -0.25) is 4.68 Å². The van der Waals surface area contributed by atoms with Crippen molar-refractivity contribution in [3.05, 3.63) is 18.0 Å². The highest BCUT2D eigenvalue weighted by atomic mass is 15.3. The number of hydrogen-bond donors (Lipinski definition) is 1. The minimum Gasteiger partial charge on any atom is -0.316 e. The van der Waals surface area contributed by atoms with Crippen molar-refractivity contribution >= 4 is 0 Å². The van der Waals surface area contributed by atoms with Gasteiger partial charge >= 0.3 is 0 Å². The molecule has 2 rings (SSSR count). The fraction of sp³-hybridized carbons (Fsp3) is 0.824. The lowest BCUT2D eigenvalue weighted by molar-refractivity contribution is 0.212. The first-order chi connectivity index (χ1) is 9.63. The van der Waals surface area contributed by atoms with Crippen LogP contribution in [0.3, 0.4) is 0 Å². The number of nitrogens with zero attached hydrogens (tertiary/aromatic N) is 2. The van der Waals surface area contributed by atoms with Crippen molar-refractivity contribution in [3.63, 3.8) is 0 Å². The predicted molar refractivity (Wildman–Crippen MR) is 84.9 cm³/mol. The topological polar surface area (TPSA) is 29.9 Å². The van der Waals surface area contributed by atoms with Crippen molar-refractivity contribution in [1.29, 1.82) is 0 Å². The molecule has 114 valence electrons. The van der Waals surface area contributed by atoms with E-state index in [1.54, 1.807) is 0 Å². The van der Waals surface area contributed by atoms with Crippen LogP contribution in [0.5, 0.6) is 0 Å². The van der Waals surface area contributed by atoms with Crippen molar-refractivity contribution < 1.29 is 0 Å². The molecule has 20 heavy (non-hydrogen) atoms. The van der Waals surface area contributed by atoms with E-state index in [-0.39, 0.29) is 0 Å². The average molecular weight is 277 g/mol. The second-order valence-corrected chi connectivity index (χ2v) is 6.68. The molecule has 1 aromatic heterocycles. The van der Waals surface area contributed by atoms with E-state index < -0.39 is 0 Å². The Bertz CT molecular complexity index is 397. The Morgan fingerprint density at radius 3 is 2.80 bits per heavy atom. The van der Waals surface area contributed by atoms with Crippen molar-refractivity contribution in [2.45, 2.75) is 71.4 Å². The number of hydrogen-bond acceptors (Lipinski definition) is 2. The van der Waals surface area contributed by atoms with Crippen LogP contribution in [-0.4, -0.2) is 22.9 Å². The molecule has 0 aliphatic heterocycles. The van der Waals surface area contributed by atoms with Gasteiger partial charge < -0.3 is 5.32 Å². The van der Waals surface area contributed by atoms with E-state index in [4.69, 9.17) is 5.10 Å². The Morgan fingerprint density at radius 2 is 2.20 bits per heavy atom. The highest BCUT2D eigenvalue weighted by molar-refractivity contribution is 5.03. The molecule has 1 aliphatic rings. The quantitative estimate of drug-likeness (QED) is 0.857. The lowest BCUT2D eigenvalue weighted by Gasteiger charge is -2.34. The summed E-state index contributed by atoms with van der Waals surface area (Å²) in [5.74, 6) is 1.76. The molecule has 1 aliphatic carbocycles. The number of likely N-dealkylation sites (N-methyl/N-ethyl adjacent to an activating group) is 1. The molecule has 1 heterocycles. The lowest BCUT2D eigenvalue weighted by atomic mass is 9.76. The zero-order chi connectivity index (χ0) is 14.5. The molecular weight excluding hydrogens is 246 g/mol. The molecule has 1 fully saturated rings. The summed E-state index contributed by atoms with van der Waals surface area (Å²) in [4.78, 5) is 0. The van der Waals surface area contributed by atoms with Crippen LogP contribution < -0.4 is 5.32 Å². The van der Waals surface area contributed by atoms with Crippen LogP contribution in [0, 0.1) is 11.8 Å². The maximum absolute atomic E-state index is 4.71. The van der Waals surface area contributed by atoms with E-state index in [0.717, 1.165) is 18.3 Å². The molecule has 3 nitrogen and oxygen atoms in total. The van der Waals surface area contributed by atoms with Gasteiger partial charge in [0.1, 0.15) is 0 Å². The summed E-state index contributed by atoms with van der Waals surface area (Å²) in [5.41, 5.74) is 1.23. The van der Waals surface area contributed by atoms with Gasteiger partial charge in [-0.15, -0.1) is 0 Å². The molecule has 0 aromatic carbocycles. The molecule has 1 aromatic rings. The maximum Gasteiger partial charge on any atom is 0.0640 e. The summed E-state index contributed by atoms with van der Waals surface area (Å²) < 4.78 is 2.07. The van der Waals surface area contributed by atoms with Crippen LogP contribution in [0.25, 0.3) is 0 Å². The van der Waals surface area contributed by atoms with E-state index in [0.29, 0.717) is 12.1 Å². The first-order valence-electron chi connectivity index (χ1n) is 8.35. The van der Waals surface area contributed by atoms with E-state index in [1.807, 2.05) is 0 Å². The highest BCUT2D eigenvalue weighted by Gasteiger charge is 2.27. The van der Waals surface area contributed by atoms with Crippen molar-refractivity contribution in [2.75, 3.05) is 7.05 Å². The second kappa shape index (κ2) is 7.26. The van der Waals surface area contributed by atoms with Gasteiger partial charge in [-0.2, -0.15) is 5.10 Å². The summed E-state index contributed by atoms with van der Waals surface area (Å²) in [6.45, 7) is 6.70. The Kier molecular flexibility index (Phi) is 5.64. The molecule has 0 amide bonds. The van der Waals surface area contributed by atoms with Gasteiger partial charge in [0.2, 0.25) is 0 Å². The van der Waals surface area contributed by atoms with Crippen molar-refractivity contribution in [2.24, 2.45) is 11.8 Å². The van der Waals surface area contributed by atoms with Crippen molar-refractivity contribution in [1.82, 2.24) is 15.1 Å². The van der Waals surface area contributed by atoms with Crippen LogP contribution in [0.15, 0.2) is 12.3 Å². The van der Waals surface area contributed by atoms with Gasteiger partial charge in [0.15, 0.2) is 0 Å². The Labute approximate surface area is 124 Å². The van der Waals surface area contributed by atoms with E-state index in [1.165, 1.54) is 37.8 Å². The monoisotopic (exact) mass is 277 g/mol. The first kappa shape index (κ1) is 15.6. The number of aromatic nitrogens is 2. The van der Waals surface area contributed by atoms with E-state index in [9.17, 15) is 0 Å². The summed E-state index contributed by atoms with van der Waals surface area (Å²) in [6.07, 6.45) is 10.1. The molecule has 3 heteroatoms. The summed E-state index contributed by atoms with van der Waals surface area (Å²) in [7, 11) is 2.11. The van der Waals surface area contributed by atoms with Gasteiger partial charge in [-0.05, 0) is 51.6 Å². The van der Waals surface area contributed by atoms with Crippen molar-refractivity contribution in [3.8, 4) is 0 Å². The smallest absolute Gasteiger partial charge is 0.0640 e. The third kappa shape index (κ3) is 3.85. The fourth-order valence-corrected chi connectivity index (χ4v) is 3.57. The Balaban J connectivity index is 1.97. The molecule has 3 atom stereocenters. The average Bonchev–Trinajstić information content (AvgIpc) is 2.93. The van der Waals surface area contributed by atoms with Gasteiger partial charge in [-0.25, -0.2) is 0 Å². The molecule has 0 saturated heterocycles. The predicted octanol–water partition coefficient (Wildman–Crippen LogP) is 3.81. The molecule has 0 spiro atoms. The highest BCUT2D eigenvalue weighted by Crippen LogP contribution is 2.33. The standard InChI is InChI=1S/C17H31N3/c1-5-14-7-6-8-15(11-14)17(18-4)12-16-9-10-20(19-16)13(2)3/h9-10,13-15,17-18H,5-8,11-12H2,1-4H3. The summed E-state index contributed by atoms with van der Waals surface area (Å²) in [5, 5.41) is 8.26. The maximum atomic E-state index is 4.71. The Morgan fingerprint density at radius 1 is 1.40 bits per heavy atom. The fourth-order valence-electron chi connectivity index (χ4n) is 3.57. The third-order valence-corrected chi connectivity index (χ3v) is 4.96. The van der Waals surface area contributed by atoms with Gasteiger partial charge in [-0.1, -0.05) is 26.2 Å². The third-order valence-electron chi connectivity index (χ3n) is 4.96. The van der Waals surface area contributed by atoms with Crippen LogP contribution in [-0.2, 0) is 6.42 Å².